The number of nitro benzene ring substituents is 1. The number of rotatable bonds is 4. The third-order valence-corrected chi connectivity index (χ3v) is 5.22. The molecule has 0 aliphatic heterocycles. The van der Waals surface area contributed by atoms with Crippen molar-refractivity contribution in [1.29, 1.82) is 0 Å². The van der Waals surface area contributed by atoms with Crippen LogP contribution in [-0.4, -0.2) is 4.92 Å². The lowest BCUT2D eigenvalue weighted by molar-refractivity contribution is -0.384. The van der Waals surface area contributed by atoms with Crippen LogP contribution in [0.1, 0.15) is 30.4 Å². The Morgan fingerprint density at radius 3 is 2.05 bits per heavy atom. The van der Waals surface area contributed by atoms with E-state index in [2.05, 4.69) is 12.1 Å². The largest absolute Gasteiger partial charge is 0.399 e. The highest BCUT2D eigenvalue weighted by atomic mass is 16.6. The number of nitro groups is 1. The topological polar surface area (TPSA) is 69.2 Å². The van der Waals surface area contributed by atoms with Gasteiger partial charge in [-0.25, -0.2) is 0 Å². The Morgan fingerprint density at radius 2 is 1.55 bits per heavy atom. The first-order valence-electron chi connectivity index (χ1n) is 7.72. The maximum Gasteiger partial charge on any atom is 0.269 e. The van der Waals surface area contributed by atoms with Gasteiger partial charge in [0.1, 0.15) is 0 Å². The summed E-state index contributed by atoms with van der Waals surface area (Å²) in [5.41, 5.74) is 9.25. The van der Waals surface area contributed by atoms with Crippen molar-refractivity contribution in [2.24, 2.45) is 11.8 Å². The second-order valence-electron chi connectivity index (χ2n) is 6.55. The molecule has 4 nitrogen and oxygen atoms in total. The fourth-order valence-electron chi connectivity index (χ4n) is 3.85. The Hall–Kier alpha value is -2.36. The van der Waals surface area contributed by atoms with Gasteiger partial charge in [0, 0.05) is 23.2 Å². The van der Waals surface area contributed by atoms with E-state index in [1.54, 1.807) is 12.1 Å². The maximum atomic E-state index is 10.9. The molecule has 2 atom stereocenters. The molecule has 112 valence electrons. The van der Waals surface area contributed by atoms with E-state index in [-0.39, 0.29) is 16.0 Å². The van der Waals surface area contributed by atoms with Crippen molar-refractivity contribution >= 4 is 11.4 Å². The lowest BCUT2D eigenvalue weighted by atomic mass is 9.84. The molecule has 0 heterocycles. The van der Waals surface area contributed by atoms with Gasteiger partial charge >= 0.3 is 0 Å². The van der Waals surface area contributed by atoms with Crippen molar-refractivity contribution in [2.75, 3.05) is 5.73 Å². The molecule has 0 radical (unpaired) electrons. The van der Waals surface area contributed by atoms with Crippen LogP contribution in [-0.2, 0) is 5.41 Å². The summed E-state index contributed by atoms with van der Waals surface area (Å²) in [5, 5.41) is 10.9. The summed E-state index contributed by atoms with van der Waals surface area (Å²) < 4.78 is 0. The average Bonchev–Trinajstić information content (AvgIpc) is 3.40. The van der Waals surface area contributed by atoms with Crippen LogP contribution in [0, 0.1) is 22.0 Å². The number of nitrogen functional groups attached to an aromatic ring is 1. The van der Waals surface area contributed by atoms with Crippen LogP contribution in [0.25, 0.3) is 0 Å². The van der Waals surface area contributed by atoms with Crippen LogP contribution in [0.15, 0.2) is 48.5 Å². The zero-order valence-corrected chi connectivity index (χ0v) is 12.2. The molecule has 4 heteroatoms. The Balaban J connectivity index is 1.75. The summed E-state index contributed by atoms with van der Waals surface area (Å²) in [7, 11) is 0. The molecule has 0 amide bonds. The van der Waals surface area contributed by atoms with Gasteiger partial charge in [0.05, 0.1) is 4.92 Å². The van der Waals surface area contributed by atoms with Crippen LogP contribution in [0.3, 0.4) is 0 Å². The zero-order valence-electron chi connectivity index (χ0n) is 12.2. The second-order valence-corrected chi connectivity index (χ2v) is 6.55. The average molecular weight is 294 g/mol. The van der Waals surface area contributed by atoms with Crippen molar-refractivity contribution < 1.29 is 4.92 Å². The maximum absolute atomic E-state index is 10.9. The van der Waals surface area contributed by atoms with Gasteiger partial charge < -0.3 is 5.73 Å². The van der Waals surface area contributed by atoms with Crippen molar-refractivity contribution in [2.45, 2.75) is 24.7 Å². The van der Waals surface area contributed by atoms with E-state index < -0.39 is 0 Å². The SMILES string of the molecule is Nc1ccc(C2(c3ccc([N+](=O)[O-])cc3)CC2C2CC2)cc1. The molecule has 2 fully saturated rings. The molecule has 22 heavy (non-hydrogen) atoms. The molecule has 2 saturated carbocycles. The number of benzene rings is 2. The van der Waals surface area contributed by atoms with Crippen molar-refractivity contribution in [3.05, 3.63) is 69.8 Å². The first-order chi connectivity index (χ1) is 10.6. The Labute approximate surface area is 129 Å². The molecule has 0 spiro atoms. The van der Waals surface area contributed by atoms with Crippen LogP contribution < -0.4 is 5.73 Å². The highest BCUT2D eigenvalue weighted by molar-refractivity contribution is 5.52. The third-order valence-electron chi connectivity index (χ3n) is 5.22. The number of anilines is 1. The first kappa shape index (κ1) is 13.3. The van der Waals surface area contributed by atoms with E-state index in [0.29, 0.717) is 5.92 Å². The molecule has 2 aliphatic carbocycles. The van der Waals surface area contributed by atoms with E-state index in [4.69, 9.17) is 5.73 Å². The van der Waals surface area contributed by atoms with Gasteiger partial charge in [-0.3, -0.25) is 10.1 Å². The highest BCUT2D eigenvalue weighted by Crippen LogP contribution is 2.66. The fraction of sp³-hybridized carbons (Fsp3) is 0.333. The van der Waals surface area contributed by atoms with E-state index in [1.165, 1.54) is 24.0 Å². The van der Waals surface area contributed by atoms with E-state index >= 15 is 0 Å². The summed E-state index contributed by atoms with van der Waals surface area (Å²) in [6.07, 6.45) is 3.77. The van der Waals surface area contributed by atoms with Gasteiger partial charge in [-0.2, -0.15) is 0 Å². The normalized spacial score (nSPS) is 26.6. The van der Waals surface area contributed by atoms with E-state index in [0.717, 1.165) is 18.0 Å². The predicted molar refractivity (Wildman–Crippen MR) is 85.6 cm³/mol. The van der Waals surface area contributed by atoms with Gasteiger partial charge in [0.25, 0.3) is 5.69 Å². The van der Waals surface area contributed by atoms with Crippen molar-refractivity contribution in [1.82, 2.24) is 0 Å². The van der Waals surface area contributed by atoms with Crippen LogP contribution in [0.4, 0.5) is 11.4 Å². The second kappa shape index (κ2) is 4.57. The summed E-state index contributed by atoms with van der Waals surface area (Å²) in [6, 6.07) is 15.2. The van der Waals surface area contributed by atoms with Crippen molar-refractivity contribution in [3.63, 3.8) is 0 Å². The summed E-state index contributed by atoms with van der Waals surface area (Å²) >= 11 is 0. The van der Waals surface area contributed by atoms with Gasteiger partial charge in [-0.1, -0.05) is 24.3 Å². The number of nitrogens with two attached hydrogens (primary N) is 1. The minimum Gasteiger partial charge on any atom is -0.399 e. The third kappa shape index (κ3) is 1.98. The molecular formula is C18H18N2O2. The molecular weight excluding hydrogens is 276 g/mol. The quantitative estimate of drug-likeness (QED) is 0.528. The molecule has 2 aromatic rings. The smallest absolute Gasteiger partial charge is 0.269 e. The van der Waals surface area contributed by atoms with Gasteiger partial charge in [0.2, 0.25) is 0 Å². The number of hydrogen-bond donors (Lipinski definition) is 1. The van der Waals surface area contributed by atoms with Crippen molar-refractivity contribution in [3.8, 4) is 0 Å². The van der Waals surface area contributed by atoms with Gasteiger partial charge in [-0.05, 0) is 54.4 Å². The zero-order chi connectivity index (χ0) is 15.3. The molecule has 0 saturated heterocycles. The Bertz CT molecular complexity index is 720. The predicted octanol–water partition coefficient (Wildman–Crippen LogP) is 3.89. The number of nitrogens with zero attached hydrogens (tertiary/aromatic N) is 1. The molecule has 2 N–H and O–H groups in total. The van der Waals surface area contributed by atoms with E-state index in [1.807, 2.05) is 24.3 Å². The summed E-state index contributed by atoms with van der Waals surface area (Å²) in [5.74, 6) is 1.48. The molecule has 0 bridgehead atoms. The van der Waals surface area contributed by atoms with Crippen LogP contribution in [0.2, 0.25) is 0 Å². The number of non-ortho nitro benzene ring substituents is 1. The van der Waals surface area contributed by atoms with Gasteiger partial charge in [-0.15, -0.1) is 0 Å². The molecule has 2 unspecified atom stereocenters. The molecule has 2 aromatic carbocycles. The number of hydrogen-bond acceptors (Lipinski definition) is 3. The van der Waals surface area contributed by atoms with E-state index in [9.17, 15) is 10.1 Å². The fourth-order valence-corrected chi connectivity index (χ4v) is 3.85. The minimum absolute atomic E-state index is 0.0317. The highest BCUT2D eigenvalue weighted by Gasteiger charge is 2.61. The molecule has 4 rings (SSSR count). The monoisotopic (exact) mass is 294 g/mol. The first-order valence-corrected chi connectivity index (χ1v) is 7.72. The van der Waals surface area contributed by atoms with Gasteiger partial charge in [0.15, 0.2) is 0 Å². The Morgan fingerprint density at radius 1 is 1.00 bits per heavy atom. The summed E-state index contributed by atoms with van der Waals surface area (Å²) in [4.78, 5) is 10.5. The standard InChI is InChI=1S/C18H18N2O2/c19-15-7-3-13(4-8-15)18(11-17(18)12-1-2-12)14-5-9-16(10-6-14)20(21)22/h3-10,12,17H,1-2,11,19H2. The Kier molecular flexibility index (Phi) is 2.76. The molecule has 2 aliphatic rings. The van der Waals surface area contributed by atoms with Crippen LogP contribution >= 0.6 is 0 Å². The van der Waals surface area contributed by atoms with Crippen LogP contribution in [0.5, 0.6) is 0 Å². The lowest BCUT2D eigenvalue weighted by Crippen LogP contribution is -2.13. The molecule has 0 aromatic heterocycles. The minimum atomic E-state index is -0.342. The summed E-state index contributed by atoms with van der Waals surface area (Å²) in [6.45, 7) is 0. The lowest BCUT2D eigenvalue weighted by Gasteiger charge is -2.19.